The molecule has 1 nitrogen and oxygen atoms in total. The minimum atomic E-state index is -0.573. The number of hydrogen-bond donors (Lipinski definition) is 0. The monoisotopic (exact) mass is 333 g/mol. The van der Waals surface area contributed by atoms with E-state index in [2.05, 4.69) is 43.1 Å². The van der Waals surface area contributed by atoms with E-state index < -0.39 is 6.17 Å². The number of halogens is 1. The van der Waals surface area contributed by atoms with Crippen LogP contribution in [-0.4, -0.2) is 29.7 Å². The van der Waals surface area contributed by atoms with Gasteiger partial charge in [-0.15, -0.1) is 0 Å². The number of piperidine rings is 1. The molecule has 0 spiro atoms. The number of unbranched alkanes of at least 4 members (excludes halogenated alkanes) is 2. The molecule has 2 heterocycles. The summed E-state index contributed by atoms with van der Waals surface area (Å²) in [6.45, 7) is 5.74. The Bertz CT molecular complexity index is 443. The first-order valence-electron chi connectivity index (χ1n) is 10.4. The second-order valence-electron chi connectivity index (χ2n) is 8.65. The van der Waals surface area contributed by atoms with Gasteiger partial charge in [-0.3, -0.25) is 4.90 Å². The van der Waals surface area contributed by atoms with Crippen molar-refractivity contribution in [2.75, 3.05) is 6.54 Å². The molecule has 0 radical (unpaired) electrons. The SMILES string of the molecule is CCCCCC1CC2CC(F)C(C1)N2C[C@@H](C)C[C@@H]1C=CC=CC1. The van der Waals surface area contributed by atoms with E-state index in [9.17, 15) is 4.39 Å². The number of fused-ring (bicyclic) bond motifs is 2. The van der Waals surface area contributed by atoms with Gasteiger partial charge in [0.15, 0.2) is 0 Å². The van der Waals surface area contributed by atoms with E-state index in [0.29, 0.717) is 17.9 Å². The summed E-state index contributed by atoms with van der Waals surface area (Å²) in [5.41, 5.74) is 0. The zero-order valence-electron chi connectivity index (χ0n) is 15.7. The Kier molecular flexibility index (Phi) is 6.55. The van der Waals surface area contributed by atoms with Crippen LogP contribution in [0.3, 0.4) is 0 Å². The van der Waals surface area contributed by atoms with Gasteiger partial charge in [0.2, 0.25) is 0 Å². The highest BCUT2D eigenvalue weighted by Gasteiger charge is 2.46. The molecule has 0 amide bonds. The summed E-state index contributed by atoms with van der Waals surface area (Å²) < 4.78 is 14.5. The summed E-state index contributed by atoms with van der Waals surface area (Å²) in [4.78, 5) is 2.56. The molecule has 2 saturated heterocycles. The van der Waals surface area contributed by atoms with Crippen LogP contribution in [0.5, 0.6) is 0 Å². The van der Waals surface area contributed by atoms with E-state index in [1.165, 1.54) is 44.9 Å². The molecule has 0 N–H and O–H groups in total. The average molecular weight is 334 g/mol. The molecule has 3 rings (SSSR count). The molecular weight excluding hydrogens is 297 g/mol. The van der Waals surface area contributed by atoms with Gasteiger partial charge in [-0.25, -0.2) is 4.39 Å². The zero-order valence-corrected chi connectivity index (χ0v) is 15.7. The average Bonchev–Trinajstić information content (AvgIpc) is 2.75. The molecule has 0 aromatic rings. The largest absolute Gasteiger partial charge is 0.294 e. The van der Waals surface area contributed by atoms with Crippen LogP contribution >= 0.6 is 0 Å². The molecule has 24 heavy (non-hydrogen) atoms. The smallest absolute Gasteiger partial charge is 0.117 e. The molecule has 2 aliphatic heterocycles. The van der Waals surface area contributed by atoms with Gasteiger partial charge in [0.25, 0.3) is 0 Å². The molecule has 0 aromatic carbocycles. The van der Waals surface area contributed by atoms with Crippen molar-refractivity contribution in [2.45, 2.75) is 89.9 Å². The molecule has 6 atom stereocenters. The highest BCUT2D eigenvalue weighted by Crippen LogP contribution is 2.42. The first-order valence-corrected chi connectivity index (χ1v) is 10.4. The van der Waals surface area contributed by atoms with Crippen LogP contribution in [-0.2, 0) is 0 Å². The Morgan fingerprint density at radius 3 is 2.75 bits per heavy atom. The second kappa shape index (κ2) is 8.65. The lowest BCUT2D eigenvalue weighted by molar-refractivity contribution is 0.0665. The quantitative estimate of drug-likeness (QED) is 0.499. The Hall–Kier alpha value is -0.630. The number of hydrogen-bond acceptors (Lipinski definition) is 1. The molecule has 2 bridgehead atoms. The third kappa shape index (κ3) is 4.50. The minimum Gasteiger partial charge on any atom is -0.294 e. The molecule has 1 aliphatic carbocycles. The Morgan fingerprint density at radius 2 is 2.04 bits per heavy atom. The normalized spacial score (nSPS) is 37.0. The van der Waals surface area contributed by atoms with E-state index in [1.54, 1.807) is 0 Å². The van der Waals surface area contributed by atoms with Gasteiger partial charge in [0.05, 0.1) is 0 Å². The van der Waals surface area contributed by atoms with Crippen molar-refractivity contribution in [2.24, 2.45) is 17.8 Å². The zero-order chi connectivity index (χ0) is 16.9. The third-order valence-electron chi connectivity index (χ3n) is 6.50. The van der Waals surface area contributed by atoms with Crippen molar-refractivity contribution >= 4 is 0 Å². The highest BCUT2D eigenvalue weighted by atomic mass is 19.1. The van der Waals surface area contributed by atoms with E-state index in [-0.39, 0.29) is 6.04 Å². The maximum absolute atomic E-state index is 14.5. The van der Waals surface area contributed by atoms with Crippen molar-refractivity contribution in [3.8, 4) is 0 Å². The van der Waals surface area contributed by atoms with Crippen molar-refractivity contribution in [3.63, 3.8) is 0 Å². The topological polar surface area (TPSA) is 3.24 Å². The molecule has 0 aromatic heterocycles. The minimum absolute atomic E-state index is 0.222. The summed E-state index contributed by atoms with van der Waals surface area (Å²) in [6, 6.07) is 0.745. The van der Waals surface area contributed by atoms with Crippen molar-refractivity contribution in [3.05, 3.63) is 24.3 Å². The van der Waals surface area contributed by atoms with Gasteiger partial charge in [0.1, 0.15) is 6.17 Å². The fourth-order valence-electron chi connectivity index (χ4n) is 5.33. The maximum atomic E-state index is 14.5. The van der Waals surface area contributed by atoms with Gasteiger partial charge in [-0.05, 0) is 49.9 Å². The summed E-state index contributed by atoms with van der Waals surface area (Å²) in [6.07, 6.45) is 19.3. The summed E-state index contributed by atoms with van der Waals surface area (Å²) >= 11 is 0. The predicted molar refractivity (Wildman–Crippen MR) is 101 cm³/mol. The fraction of sp³-hybridized carbons (Fsp3) is 0.818. The standard InChI is InChI=1S/C22H36FN/c1-3-4-6-11-19-13-20-15-21(23)22(14-19)24(20)16-17(2)12-18-9-7-5-8-10-18/h5,7-9,17-22H,3-4,6,10-16H2,1-2H3/t17-,18+,19?,20?,21?,22?/m0/s1. The number of nitrogens with zero attached hydrogens (tertiary/aromatic N) is 1. The molecule has 136 valence electrons. The van der Waals surface area contributed by atoms with Crippen molar-refractivity contribution < 1.29 is 4.39 Å². The van der Waals surface area contributed by atoms with Crippen LogP contribution in [0.15, 0.2) is 24.3 Å². The van der Waals surface area contributed by atoms with Crippen molar-refractivity contribution in [1.82, 2.24) is 4.90 Å². The van der Waals surface area contributed by atoms with Gasteiger partial charge < -0.3 is 0 Å². The van der Waals surface area contributed by atoms with Crippen LogP contribution in [0.1, 0.15) is 71.6 Å². The maximum Gasteiger partial charge on any atom is 0.117 e. The number of allylic oxidation sites excluding steroid dienone is 4. The first kappa shape index (κ1) is 18.2. The van der Waals surface area contributed by atoms with Crippen LogP contribution in [0.25, 0.3) is 0 Å². The van der Waals surface area contributed by atoms with E-state index in [4.69, 9.17) is 0 Å². The lowest BCUT2D eigenvalue weighted by Gasteiger charge is -2.40. The third-order valence-corrected chi connectivity index (χ3v) is 6.50. The lowest BCUT2D eigenvalue weighted by atomic mass is 9.85. The van der Waals surface area contributed by atoms with Gasteiger partial charge in [0, 0.05) is 18.6 Å². The Labute approximate surface area is 148 Å². The lowest BCUT2D eigenvalue weighted by Crippen LogP contribution is -2.46. The fourth-order valence-corrected chi connectivity index (χ4v) is 5.33. The van der Waals surface area contributed by atoms with Crippen LogP contribution in [0.4, 0.5) is 4.39 Å². The van der Waals surface area contributed by atoms with E-state index in [1.807, 2.05) is 0 Å². The van der Waals surface area contributed by atoms with Gasteiger partial charge >= 0.3 is 0 Å². The Morgan fingerprint density at radius 1 is 1.17 bits per heavy atom. The molecular formula is C22H36FN. The van der Waals surface area contributed by atoms with E-state index in [0.717, 1.165) is 25.3 Å². The molecule has 0 saturated carbocycles. The van der Waals surface area contributed by atoms with E-state index >= 15 is 0 Å². The molecule has 3 aliphatic rings. The van der Waals surface area contributed by atoms with Crippen LogP contribution in [0.2, 0.25) is 0 Å². The predicted octanol–water partition coefficient (Wildman–Crippen LogP) is 5.92. The summed E-state index contributed by atoms with van der Waals surface area (Å²) in [5.74, 6) is 2.14. The van der Waals surface area contributed by atoms with Gasteiger partial charge in [-0.1, -0.05) is 63.8 Å². The molecule has 4 unspecified atom stereocenters. The number of rotatable bonds is 8. The molecule has 2 fully saturated rings. The van der Waals surface area contributed by atoms with Crippen LogP contribution < -0.4 is 0 Å². The highest BCUT2D eigenvalue weighted by molar-refractivity contribution is 5.11. The number of alkyl halides is 1. The first-order chi connectivity index (χ1) is 11.7. The van der Waals surface area contributed by atoms with Crippen LogP contribution in [0, 0.1) is 17.8 Å². The Balaban J connectivity index is 1.49. The molecule has 2 heteroatoms. The van der Waals surface area contributed by atoms with Crippen molar-refractivity contribution in [1.29, 1.82) is 0 Å². The second-order valence-corrected chi connectivity index (χ2v) is 8.65. The summed E-state index contributed by atoms with van der Waals surface area (Å²) in [7, 11) is 0. The summed E-state index contributed by atoms with van der Waals surface area (Å²) in [5, 5.41) is 0. The van der Waals surface area contributed by atoms with Gasteiger partial charge in [-0.2, -0.15) is 0 Å².